The number of hydrogen-bond acceptors (Lipinski definition) is 7. The first-order chi connectivity index (χ1) is 12.8. The molecular formula is C20H22O7. The minimum atomic E-state index is -1.22. The Bertz CT molecular complexity index is 824. The molecule has 1 N–H and O–H groups in total. The smallest absolute Gasteiger partial charge is 0.340 e. The summed E-state index contributed by atoms with van der Waals surface area (Å²) in [4.78, 5) is 24.2. The minimum Gasteiger partial charge on any atom is -0.493 e. The Morgan fingerprint density at radius 3 is 2.70 bits per heavy atom. The second-order valence-electron chi connectivity index (χ2n) is 8.30. The summed E-state index contributed by atoms with van der Waals surface area (Å²) in [5, 5.41) is 9.48. The molecule has 0 aromatic heterocycles. The lowest BCUT2D eigenvalue weighted by atomic mass is 9.64. The van der Waals surface area contributed by atoms with Crippen molar-refractivity contribution in [3.05, 3.63) is 35.1 Å². The van der Waals surface area contributed by atoms with E-state index in [1.807, 2.05) is 13.0 Å². The standard InChI is InChI=1S/C20H22O7/c1-19(10-6-13(24-9-10)11-7-16(21)26-17(11)22)8-15-20(2)12(18(23)25-15)4-3-5-14(20)27-19/h4,7,9,13-16,21H,3,5-6,8H2,1-2H3/t13-,14-,15-,16-,19-,20+/m0/s1. The Morgan fingerprint density at radius 2 is 1.96 bits per heavy atom. The molecule has 5 aliphatic rings. The third kappa shape index (κ3) is 2.28. The van der Waals surface area contributed by atoms with Crippen LogP contribution in [0.4, 0.5) is 0 Å². The molecule has 0 bridgehead atoms. The first kappa shape index (κ1) is 17.0. The minimum absolute atomic E-state index is 0.106. The van der Waals surface area contributed by atoms with E-state index in [4.69, 9.17) is 18.9 Å². The number of carbonyl (C=O) groups is 2. The Kier molecular flexibility index (Phi) is 3.44. The number of rotatable bonds is 2. The Hall–Kier alpha value is -2.12. The number of esters is 2. The molecule has 4 aliphatic heterocycles. The van der Waals surface area contributed by atoms with Crippen molar-refractivity contribution in [2.75, 3.05) is 0 Å². The fraction of sp³-hybridized carbons (Fsp3) is 0.600. The zero-order valence-electron chi connectivity index (χ0n) is 15.3. The molecule has 1 aliphatic carbocycles. The highest BCUT2D eigenvalue weighted by molar-refractivity contribution is 5.93. The Labute approximate surface area is 156 Å². The van der Waals surface area contributed by atoms with Crippen molar-refractivity contribution >= 4 is 11.9 Å². The normalized spacial score (nSPS) is 45.4. The molecule has 4 heterocycles. The predicted molar refractivity (Wildman–Crippen MR) is 91.0 cm³/mol. The van der Waals surface area contributed by atoms with Gasteiger partial charge < -0.3 is 24.1 Å². The van der Waals surface area contributed by atoms with Gasteiger partial charge in [-0.1, -0.05) is 6.08 Å². The summed E-state index contributed by atoms with van der Waals surface area (Å²) < 4.78 is 22.7. The van der Waals surface area contributed by atoms with Crippen LogP contribution in [-0.4, -0.2) is 47.2 Å². The van der Waals surface area contributed by atoms with Crippen LogP contribution in [0.3, 0.4) is 0 Å². The molecule has 0 aromatic rings. The molecule has 7 heteroatoms. The van der Waals surface area contributed by atoms with E-state index in [1.165, 1.54) is 6.08 Å². The number of hydrogen-bond donors (Lipinski definition) is 1. The van der Waals surface area contributed by atoms with Gasteiger partial charge in [0.1, 0.15) is 12.2 Å². The number of allylic oxidation sites excluding steroid dienone is 1. The average Bonchev–Trinajstić information content (AvgIpc) is 3.27. The van der Waals surface area contributed by atoms with Crippen LogP contribution >= 0.6 is 0 Å². The van der Waals surface area contributed by atoms with Crippen LogP contribution in [0.2, 0.25) is 0 Å². The number of aliphatic hydroxyl groups is 1. The quantitative estimate of drug-likeness (QED) is 0.735. The molecule has 0 aromatic carbocycles. The van der Waals surface area contributed by atoms with E-state index in [-0.39, 0.29) is 18.2 Å². The summed E-state index contributed by atoms with van der Waals surface area (Å²) in [7, 11) is 0. The molecule has 7 nitrogen and oxygen atoms in total. The van der Waals surface area contributed by atoms with Gasteiger partial charge in [-0.25, -0.2) is 9.59 Å². The van der Waals surface area contributed by atoms with E-state index in [9.17, 15) is 14.7 Å². The van der Waals surface area contributed by atoms with Gasteiger partial charge >= 0.3 is 11.9 Å². The molecule has 5 rings (SSSR count). The van der Waals surface area contributed by atoms with Crippen LogP contribution in [-0.2, 0) is 28.5 Å². The maximum Gasteiger partial charge on any atom is 0.340 e. The van der Waals surface area contributed by atoms with Crippen LogP contribution in [0.25, 0.3) is 0 Å². The van der Waals surface area contributed by atoms with Gasteiger partial charge in [0, 0.05) is 18.4 Å². The summed E-state index contributed by atoms with van der Waals surface area (Å²) in [5.41, 5.74) is 0.944. The molecule has 6 atom stereocenters. The lowest BCUT2D eigenvalue weighted by Gasteiger charge is -2.51. The molecule has 27 heavy (non-hydrogen) atoms. The molecule has 144 valence electrons. The molecule has 2 fully saturated rings. The van der Waals surface area contributed by atoms with Gasteiger partial charge in [0.05, 0.1) is 29.0 Å². The third-order valence-corrected chi connectivity index (χ3v) is 6.73. The number of ether oxygens (including phenoxy) is 4. The van der Waals surface area contributed by atoms with Crippen LogP contribution in [0.5, 0.6) is 0 Å². The van der Waals surface area contributed by atoms with Crippen molar-refractivity contribution in [1.29, 1.82) is 0 Å². The third-order valence-electron chi connectivity index (χ3n) is 6.73. The summed E-state index contributed by atoms with van der Waals surface area (Å²) in [6.45, 7) is 4.05. The van der Waals surface area contributed by atoms with Crippen LogP contribution in [0, 0.1) is 5.41 Å². The van der Waals surface area contributed by atoms with Crippen molar-refractivity contribution in [3.63, 3.8) is 0 Å². The highest BCUT2D eigenvalue weighted by atomic mass is 16.6. The topological polar surface area (TPSA) is 91.3 Å². The van der Waals surface area contributed by atoms with Crippen LogP contribution in [0.15, 0.2) is 35.1 Å². The van der Waals surface area contributed by atoms with Crippen molar-refractivity contribution < 1.29 is 33.6 Å². The summed E-state index contributed by atoms with van der Waals surface area (Å²) in [6.07, 6.45) is 5.59. The molecule has 0 unspecified atom stereocenters. The zero-order chi connectivity index (χ0) is 19.0. The van der Waals surface area contributed by atoms with Gasteiger partial charge in [-0.3, -0.25) is 0 Å². The Balaban J connectivity index is 1.39. The molecule has 0 amide bonds. The van der Waals surface area contributed by atoms with E-state index in [0.29, 0.717) is 18.4 Å². The van der Waals surface area contributed by atoms with Gasteiger partial charge in [-0.15, -0.1) is 0 Å². The van der Waals surface area contributed by atoms with Crippen LogP contribution in [0.1, 0.15) is 39.5 Å². The predicted octanol–water partition coefficient (Wildman–Crippen LogP) is 1.66. The lowest BCUT2D eigenvalue weighted by Crippen LogP contribution is -2.56. The lowest BCUT2D eigenvalue weighted by molar-refractivity contribution is -0.190. The Morgan fingerprint density at radius 1 is 1.15 bits per heavy atom. The van der Waals surface area contributed by atoms with Crippen molar-refractivity contribution in [2.45, 2.75) is 69.7 Å². The van der Waals surface area contributed by atoms with Gasteiger partial charge in [-0.2, -0.15) is 0 Å². The van der Waals surface area contributed by atoms with E-state index in [1.54, 1.807) is 6.26 Å². The number of aliphatic hydroxyl groups excluding tert-OH is 1. The SMILES string of the molecule is C[C@@]12C3=CCC[C@@H]1O[C@](C)(C1=CO[C@H](C4=C[C@@H](O)OC4=O)C1)C[C@@H]2OC3=O. The van der Waals surface area contributed by atoms with Crippen molar-refractivity contribution in [3.8, 4) is 0 Å². The molecular weight excluding hydrogens is 352 g/mol. The van der Waals surface area contributed by atoms with Crippen molar-refractivity contribution in [2.24, 2.45) is 5.41 Å². The largest absolute Gasteiger partial charge is 0.493 e. The highest BCUT2D eigenvalue weighted by Crippen LogP contribution is 2.57. The molecule has 0 radical (unpaired) electrons. The zero-order valence-corrected chi connectivity index (χ0v) is 15.3. The number of cyclic esters (lactones) is 1. The second kappa shape index (κ2) is 5.45. The fourth-order valence-electron chi connectivity index (χ4n) is 5.09. The van der Waals surface area contributed by atoms with Crippen LogP contribution < -0.4 is 0 Å². The van der Waals surface area contributed by atoms with E-state index in [2.05, 4.69) is 6.92 Å². The van der Waals surface area contributed by atoms with Gasteiger partial charge in [0.15, 0.2) is 0 Å². The molecule has 2 saturated heterocycles. The van der Waals surface area contributed by atoms with Gasteiger partial charge in [0.25, 0.3) is 0 Å². The maximum absolute atomic E-state index is 12.3. The molecule has 0 spiro atoms. The molecule has 0 saturated carbocycles. The first-order valence-corrected chi connectivity index (χ1v) is 9.36. The van der Waals surface area contributed by atoms with Crippen molar-refractivity contribution in [1.82, 2.24) is 0 Å². The fourth-order valence-corrected chi connectivity index (χ4v) is 5.09. The van der Waals surface area contributed by atoms with E-state index in [0.717, 1.165) is 24.0 Å². The monoisotopic (exact) mass is 374 g/mol. The average molecular weight is 374 g/mol. The number of carbonyl (C=O) groups excluding carboxylic acids is 2. The highest BCUT2D eigenvalue weighted by Gasteiger charge is 2.62. The van der Waals surface area contributed by atoms with E-state index >= 15 is 0 Å². The van der Waals surface area contributed by atoms with Gasteiger partial charge in [0.2, 0.25) is 6.29 Å². The van der Waals surface area contributed by atoms with Gasteiger partial charge in [-0.05, 0) is 38.3 Å². The summed E-state index contributed by atoms with van der Waals surface area (Å²) in [5.74, 6) is -0.793. The second-order valence-corrected chi connectivity index (χ2v) is 8.30. The first-order valence-electron chi connectivity index (χ1n) is 9.36. The summed E-state index contributed by atoms with van der Waals surface area (Å²) >= 11 is 0. The maximum atomic E-state index is 12.3. The summed E-state index contributed by atoms with van der Waals surface area (Å²) in [6, 6.07) is 0. The van der Waals surface area contributed by atoms with E-state index < -0.39 is 29.4 Å².